The summed E-state index contributed by atoms with van der Waals surface area (Å²) in [7, 11) is 0. The van der Waals surface area contributed by atoms with Crippen LogP contribution < -0.4 is 5.32 Å². The molecule has 2 rings (SSSR count). The highest BCUT2D eigenvalue weighted by atomic mass is 35.5. The zero-order valence-corrected chi connectivity index (χ0v) is 13.7. The van der Waals surface area contributed by atoms with E-state index in [1.54, 1.807) is 19.1 Å². The number of aliphatic hydroxyl groups is 1. The maximum atomic E-state index is 12.2. The van der Waals surface area contributed by atoms with Crippen LogP contribution in [0.1, 0.15) is 35.4 Å². The van der Waals surface area contributed by atoms with Gasteiger partial charge in [0.15, 0.2) is 0 Å². The number of hydrogen-bond donors (Lipinski definition) is 2. The predicted octanol–water partition coefficient (Wildman–Crippen LogP) is 3.49. The molecule has 7 heteroatoms. The van der Waals surface area contributed by atoms with E-state index < -0.39 is 16.9 Å². The van der Waals surface area contributed by atoms with E-state index in [0.717, 1.165) is 5.56 Å². The van der Waals surface area contributed by atoms with Crippen LogP contribution in [-0.2, 0) is 0 Å². The molecule has 2 aromatic carbocycles. The Bertz CT molecular complexity index is 737. The van der Waals surface area contributed by atoms with Crippen molar-refractivity contribution in [3.63, 3.8) is 0 Å². The van der Waals surface area contributed by atoms with Crippen LogP contribution in [0.15, 0.2) is 48.5 Å². The molecule has 2 unspecified atom stereocenters. The van der Waals surface area contributed by atoms with Gasteiger partial charge >= 0.3 is 0 Å². The van der Waals surface area contributed by atoms with Crippen LogP contribution in [0, 0.1) is 10.1 Å². The van der Waals surface area contributed by atoms with Gasteiger partial charge in [0.1, 0.15) is 0 Å². The van der Waals surface area contributed by atoms with Crippen molar-refractivity contribution in [2.75, 3.05) is 0 Å². The number of nitro groups is 1. The van der Waals surface area contributed by atoms with E-state index in [9.17, 15) is 20.0 Å². The minimum absolute atomic E-state index is 0.107. The molecule has 0 bridgehead atoms. The SMILES string of the molecule is CC(CC(O)c1ccccc1)NC(=O)c1cc(Cl)cc([N+](=O)[O-])c1. The fourth-order valence-corrected chi connectivity index (χ4v) is 2.55. The highest BCUT2D eigenvalue weighted by Crippen LogP contribution is 2.22. The van der Waals surface area contributed by atoms with Crippen LogP contribution in [0.3, 0.4) is 0 Å². The van der Waals surface area contributed by atoms with Crippen molar-refractivity contribution >= 4 is 23.2 Å². The molecule has 2 aromatic rings. The smallest absolute Gasteiger partial charge is 0.271 e. The zero-order valence-electron chi connectivity index (χ0n) is 13.0. The second-order valence-electron chi connectivity index (χ2n) is 5.49. The van der Waals surface area contributed by atoms with Gasteiger partial charge in [0, 0.05) is 28.8 Å². The molecule has 0 heterocycles. The summed E-state index contributed by atoms with van der Waals surface area (Å²) < 4.78 is 0. The maximum Gasteiger partial charge on any atom is 0.271 e. The Morgan fingerprint density at radius 3 is 2.58 bits per heavy atom. The van der Waals surface area contributed by atoms with Gasteiger partial charge in [-0.2, -0.15) is 0 Å². The summed E-state index contributed by atoms with van der Waals surface area (Å²) >= 11 is 5.81. The van der Waals surface area contributed by atoms with Crippen molar-refractivity contribution in [1.29, 1.82) is 0 Å². The van der Waals surface area contributed by atoms with E-state index in [4.69, 9.17) is 11.6 Å². The number of hydrogen-bond acceptors (Lipinski definition) is 4. The summed E-state index contributed by atoms with van der Waals surface area (Å²) in [6.45, 7) is 1.75. The Morgan fingerprint density at radius 2 is 1.96 bits per heavy atom. The Labute approximate surface area is 144 Å². The number of nitro benzene ring substituents is 1. The van der Waals surface area contributed by atoms with Gasteiger partial charge in [-0.25, -0.2) is 0 Å². The van der Waals surface area contributed by atoms with Crippen LogP contribution in [0.5, 0.6) is 0 Å². The summed E-state index contributed by atoms with van der Waals surface area (Å²) in [5.41, 5.74) is 0.622. The number of rotatable bonds is 6. The van der Waals surface area contributed by atoms with Crippen molar-refractivity contribution in [1.82, 2.24) is 5.32 Å². The third-order valence-corrected chi connectivity index (χ3v) is 3.71. The molecule has 2 atom stereocenters. The average molecular weight is 349 g/mol. The van der Waals surface area contributed by atoms with Gasteiger partial charge in [-0.3, -0.25) is 14.9 Å². The first-order valence-corrected chi connectivity index (χ1v) is 7.73. The number of aliphatic hydroxyl groups excluding tert-OH is 1. The molecule has 1 amide bonds. The van der Waals surface area contributed by atoms with Gasteiger partial charge in [-0.1, -0.05) is 41.9 Å². The number of halogens is 1. The number of nitrogens with zero attached hydrogens (tertiary/aromatic N) is 1. The number of nitrogens with one attached hydrogen (secondary N) is 1. The van der Waals surface area contributed by atoms with Crippen LogP contribution in [0.4, 0.5) is 5.69 Å². The first-order chi connectivity index (χ1) is 11.4. The molecule has 0 aliphatic rings. The number of benzene rings is 2. The second kappa shape index (κ2) is 7.90. The largest absolute Gasteiger partial charge is 0.388 e. The van der Waals surface area contributed by atoms with Gasteiger partial charge in [-0.15, -0.1) is 0 Å². The Hall–Kier alpha value is -2.44. The van der Waals surface area contributed by atoms with Gasteiger partial charge < -0.3 is 10.4 Å². The number of carbonyl (C=O) groups is 1. The molecule has 0 saturated heterocycles. The van der Waals surface area contributed by atoms with Crippen molar-refractivity contribution < 1.29 is 14.8 Å². The minimum atomic E-state index is -0.713. The molecule has 0 aliphatic carbocycles. The molecule has 24 heavy (non-hydrogen) atoms. The van der Waals surface area contributed by atoms with Crippen molar-refractivity contribution in [3.05, 3.63) is 74.8 Å². The number of carbonyl (C=O) groups excluding carboxylic acids is 1. The highest BCUT2D eigenvalue weighted by molar-refractivity contribution is 6.31. The monoisotopic (exact) mass is 348 g/mol. The minimum Gasteiger partial charge on any atom is -0.388 e. The zero-order chi connectivity index (χ0) is 17.7. The van der Waals surface area contributed by atoms with E-state index in [2.05, 4.69) is 5.32 Å². The number of non-ortho nitro benzene ring substituents is 1. The first kappa shape index (κ1) is 17.9. The normalized spacial score (nSPS) is 13.1. The fourth-order valence-electron chi connectivity index (χ4n) is 2.32. The average Bonchev–Trinajstić information content (AvgIpc) is 2.54. The maximum absolute atomic E-state index is 12.2. The summed E-state index contributed by atoms with van der Waals surface area (Å²) in [4.78, 5) is 22.5. The van der Waals surface area contributed by atoms with Crippen molar-refractivity contribution in [2.45, 2.75) is 25.5 Å². The Morgan fingerprint density at radius 1 is 1.29 bits per heavy atom. The lowest BCUT2D eigenvalue weighted by atomic mass is 10.0. The molecule has 0 aliphatic heterocycles. The Kier molecular flexibility index (Phi) is 5.89. The predicted molar refractivity (Wildman–Crippen MR) is 91.1 cm³/mol. The van der Waals surface area contributed by atoms with E-state index in [0.29, 0.717) is 6.42 Å². The second-order valence-corrected chi connectivity index (χ2v) is 5.93. The van der Waals surface area contributed by atoms with Gasteiger partial charge in [0.2, 0.25) is 0 Å². The fraction of sp³-hybridized carbons (Fsp3) is 0.235. The van der Waals surface area contributed by atoms with Crippen LogP contribution in [0.25, 0.3) is 0 Å². The standard InChI is InChI=1S/C17H17ClN2O4/c1-11(7-16(21)12-5-3-2-4-6-12)19-17(22)13-8-14(18)10-15(9-13)20(23)24/h2-6,8-11,16,21H,7H2,1H3,(H,19,22). The van der Waals surface area contributed by atoms with Gasteiger partial charge in [-0.05, 0) is 25.0 Å². The quantitative estimate of drug-likeness (QED) is 0.617. The van der Waals surface area contributed by atoms with Crippen LogP contribution in [-0.4, -0.2) is 22.0 Å². The molecule has 126 valence electrons. The van der Waals surface area contributed by atoms with E-state index in [1.807, 2.05) is 18.2 Å². The highest BCUT2D eigenvalue weighted by Gasteiger charge is 2.18. The molecule has 0 radical (unpaired) electrons. The topological polar surface area (TPSA) is 92.5 Å². The van der Waals surface area contributed by atoms with Crippen LogP contribution >= 0.6 is 11.6 Å². The molecule has 0 spiro atoms. The van der Waals surface area contributed by atoms with Crippen LogP contribution in [0.2, 0.25) is 5.02 Å². The molecule has 0 saturated carbocycles. The molecule has 0 fully saturated rings. The summed E-state index contributed by atoms with van der Waals surface area (Å²) in [5, 5.41) is 23.8. The molecule has 2 N–H and O–H groups in total. The van der Waals surface area contributed by atoms with E-state index in [-0.39, 0.29) is 22.3 Å². The molecule has 0 aromatic heterocycles. The third kappa shape index (κ3) is 4.78. The van der Waals surface area contributed by atoms with Crippen molar-refractivity contribution in [3.8, 4) is 0 Å². The summed E-state index contributed by atoms with van der Waals surface area (Å²) in [6, 6.07) is 12.5. The molecular weight excluding hydrogens is 332 g/mol. The van der Waals surface area contributed by atoms with E-state index >= 15 is 0 Å². The summed E-state index contributed by atoms with van der Waals surface area (Å²) in [5.74, 6) is -0.478. The van der Waals surface area contributed by atoms with E-state index in [1.165, 1.54) is 18.2 Å². The lowest BCUT2D eigenvalue weighted by Crippen LogP contribution is -2.33. The first-order valence-electron chi connectivity index (χ1n) is 7.35. The molecule has 6 nitrogen and oxygen atoms in total. The Balaban J connectivity index is 2.02. The lowest BCUT2D eigenvalue weighted by Gasteiger charge is -2.18. The summed E-state index contributed by atoms with van der Waals surface area (Å²) in [6.07, 6.45) is -0.395. The van der Waals surface area contributed by atoms with Crippen molar-refractivity contribution in [2.24, 2.45) is 0 Å². The lowest BCUT2D eigenvalue weighted by molar-refractivity contribution is -0.384. The molecular formula is C17H17ClN2O4. The third-order valence-electron chi connectivity index (χ3n) is 3.49. The van der Waals surface area contributed by atoms with Gasteiger partial charge in [0.25, 0.3) is 11.6 Å². The number of amides is 1. The van der Waals surface area contributed by atoms with Gasteiger partial charge in [0.05, 0.1) is 11.0 Å².